The maximum absolute atomic E-state index is 14.1. The zero-order valence-electron chi connectivity index (χ0n) is 23.6. The summed E-state index contributed by atoms with van der Waals surface area (Å²) in [6, 6.07) is 0. The number of carbonyl (C=O) groups is 5. The highest BCUT2D eigenvalue weighted by Crippen LogP contribution is 2.69. The number of Topliss-reactive ketones (excluding diaryl/α,β-unsaturated/α-hetero) is 1. The van der Waals surface area contributed by atoms with E-state index in [2.05, 4.69) is 6.92 Å². The molecule has 5 fully saturated rings. The number of aliphatic hydroxyl groups is 1. The molecule has 0 bridgehead atoms. The second-order valence-electron chi connectivity index (χ2n) is 12.8. The van der Waals surface area contributed by atoms with Crippen molar-refractivity contribution in [2.45, 2.75) is 96.2 Å². The molecule has 2 aliphatic heterocycles. The maximum Gasteiger partial charge on any atom is 0.534 e. The van der Waals surface area contributed by atoms with Gasteiger partial charge in [-0.1, -0.05) is 43.9 Å². The lowest BCUT2D eigenvalue weighted by Crippen LogP contribution is -2.63. The lowest BCUT2D eigenvalue weighted by atomic mass is 9.46. The van der Waals surface area contributed by atoms with Crippen molar-refractivity contribution in [1.82, 2.24) is 5.06 Å². The van der Waals surface area contributed by atoms with E-state index in [0.29, 0.717) is 17.9 Å². The van der Waals surface area contributed by atoms with Crippen LogP contribution in [0.25, 0.3) is 0 Å². The Labute approximate surface area is 238 Å². The minimum absolute atomic E-state index is 0.0244. The standard InChI is InChI=1S/C30H37NO10/c1-4-5-25-39-22-13-19-18-7-6-16-12-17(32)10-11-28(16,2)26(18)20(33)14-29(19,3)30(22,40-25)21(34)15-38-27(37)41-31-23(35)8-9-24(31)36/h10-12,18-20,22,25-26,33H,4-9,13-15H2,1-3H3/t18-,19-,20-,22+,25?,26+,28-,29-,30+/m0/s1. The summed E-state index contributed by atoms with van der Waals surface area (Å²) in [5.41, 5.74) is -1.71. The molecule has 6 aliphatic rings. The molecule has 2 heterocycles. The molecule has 1 N–H and O–H groups in total. The molecule has 0 aromatic heterocycles. The van der Waals surface area contributed by atoms with Crippen LogP contribution < -0.4 is 0 Å². The molecule has 0 aromatic carbocycles. The molecule has 11 nitrogen and oxygen atoms in total. The van der Waals surface area contributed by atoms with Gasteiger partial charge in [-0.15, -0.1) is 0 Å². The zero-order chi connectivity index (χ0) is 29.3. The van der Waals surface area contributed by atoms with Crippen molar-refractivity contribution in [2.24, 2.45) is 28.6 Å². The molecule has 11 heteroatoms. The van der Waals surface area contributed by atoms with Crippen LogP contribution in [0.2, 0.25) is 0 Å². The number of amides is 2. The zero-order valence-corrected chi connectivity index (χ0v) is 23.6. The van der Waals surface area contributed by atoms with E-state index in [1.165, 1.54) is 0 Å². The van der Waals surface area contributed by atoms with Crippen LogP contribution in [0.15, 0.2) is 23.8 Å². The average molecular weight is 572 g/mol. The number of nitrogens with zero attached hydrogens (tertiary/aromatic N) is 1. The minimum atomic E-state index is -1.46. The maximum atomic E-state index is 14.1. The van der Waals surface area contributed by atoms with Gasteiger partial charge in [-0.2, -0.15) is 0 Å². The van der Waals surface area contributed by atoms with Crippen molar-refractivity contribution in [3.63, 3.8) is 0 Å². The second-order valence-corrected chi connectivity index (χ2v) is 12.8. The van der Waals surface area contributed by atoms with Crippen molar-refractivity contribution < 1.29 is 48.1 Å². The van der Waals surface area contributed by atoms with Crippen LogP contribution >= 0.6 is 0 Å². The van der Waals surface area contributed by atoms with Gasteiger partial charge >= 0.3 is 6.16 Å². The average Bonchev–Trinajstić information content (AvgIpc) is 3.52. The van der Waals surface area contributed by atoms with E-state index in [-0.39, 0.29) is 42.8 Å². The number of fused-ring (bicyclic) bond motifs is 7. The molecule has 0 aromatic rings. The van der Waals surface area contributed by atoms with E-state index < -0.39 is 65.3 Å². The normalized spacial score (nSPS) is 42.8. The second kappa shape index (κ2) is 9.84. The highest BCUT2D eigenvalue weighted by Gasteiger charge is 2.75. The third-order valence-electron chi connectivity index (χ3n) is 10.7. The molecule has 9 atom stereocenters. The molecule has 1 unspecified atom stereocenters. The quantitative estimate of drug-likeness (QED) is 0.373. The first-order chi connectivity index (χ1) is 19.4. The number of allylic oxidation sites excluding steroid dienone is 4. The van der Waals surface area contributed by atoms with Gasteiger partial charge in [0.15, 0.2) is 24.3 Å². The van der Waals surface area contributed by atoms with Gasteiger partial charge in [0.1, 0.15) is 0 Å². The molecule has 2 saturated heterocycles. The highest BCUT2D eigenvalue weighted by molar-refractivity contribution is 6.02. The Morgan fingerprint density at radius 1 is 1.15 bits per heavy atom. The number of ketones is 2. The molecule has 0 radical (unpaired) electrons. The summed E-state index contributed by atoms with van der Waals surface area (Å²) in [6.45, 7) is 5.35. The van der Waals surface area contributed by atoms with Crippen molar-refractivity contribution >= 4 is 29.5 Å². The molecule has 41 heavy (non-hydrogen) atoms. The number of aliphatic hydroxyl groups excluding tert-OH is 1. The molecule has 2 amide bonds. The number of imide groups is 1. The van der Waals surface area contributed by atoms with E-state index in [1.807, 2.05) is 19.9 Å². The topological polar surface area (TPSA) is 146 Å². The number of hydrogen-bond donors (Lipinski definition) is 1. The van der Waals surface area contributed by atoms with Crippen molar-refractivity contribution in [3.05, 3.63) is 23.8 Å². The van der Waals surface area contributed by atoms with E-state index in [0.717, 1.165) is 24.8 Å². The van der Waals surface area contributed by atoms with Crippen molar-refractivity contribution in [2.75, 3.05) is 6.61 Å². The first-order valence-electron chi connectivity index (χ1n) is 14.6. The summed E-state index contributed by atoms with van der Waals surface area (Å²) in [6.07, 6.45) is 5.44. The van der Waals surface area contributed by atoms with Crippen LogP contribution in [0.4, 0.5) is 4.79 Å². The number of ether oxygens (including phenoxy) is 3. The van der Waals surface area contributed by atoms with Crippen molar-refractivity contribution in [3.8, 4) is 0 Å². The Balaban J connectivity index is 1.27. The van der Waals surface area contributed by atoms with Gasteiger partial charge in [-0.25, -0.2) is 4.79 Å². The largest absolute Gasteiger partial charge is 0.534 e. The smallest absolute Gasteiger partial charge is 0.425 e. The van der Waals surface area contributed by atoms with E-state index >= 15 is 0 Å². The van der Waals surface area contributed by atoms with Crippen LogP contribution in [0.3, 0.4) is 0 Å². The molecular weight excluding hydrogens is 534 g/mol. The Hall–Kier alpha value is -2.89. The Morgan fingerprint density at radius 3 is 2.59 bits per heavy atom. The van der Waals surface area contributed by atoms with Gasteiger partial charge < -0.3 is 19.3 Å². The van der Waals surface area contributed by atoms with Crippen molar-refractivity contribution in [1.29, 1.82) is 0 Å². The predicted molar refractivity (Wildman–Crippen MR) is 139 cm³/mol. The van der Waals surface area contributed by atoms with Crippen LogP contribution in [-0.4, -0.2) is 70.4 Å². The van der Waals surface area contributed by atoms with E-state index in [1.54, 1.807) is 12.2 Å². The number of carbonyl (C=O) groups excluding carboxylic acids is 5. The summed E-state index contributed by atoms with van der Waals surface area (Å²) in [5.74, 6) is -1.95. The summed E-state index contributed by atoms with van der Waals surface area (Å²) >= 11 is 0. The van der Waals surface area contributed by atoms with E-state index in [9.17, 15) is 29.1 Å². The van der Waals surface area contributed by atoms with Crippen LogP contribution in [0, 0.1) is 28.6 Å². The molecule has 222 valence electrons. The predicted octanol–water partition coefficient (Wildman–Crippen LogP) is 2.94. The Kier molecular flexibility index (Phi) is 6.78. The fraction of sp³-hybridized carbons (Fsp3) is 0.700. The number of hydroxylamine groups is 2. The third-order valence-corrected chi connectivity index (χ3v) is 10.7. The fourth-order valence-electron chi connectivity index (χ4n) is 9.00. The third kappa shape index (κ3) is 4.06. The Bertz CT molecular complexity index is 1240. The lowest BCUT2D eigenvalue weighted by molar-refractivity contribution is -0.201. The number of hydrogen-bond acceptors (Lipinski definition) is 10. The molecule has 0 spiro atoms. The molecule has 3 saturated carbocycles. The monoisotopic (exact) mass is 571 g/mol. The summed E-state index contributed by atoms with van der Waals surface area (Å²) in [4.78, 5) is 67.0. The summed E-state index contributed by atoms with van der Waals surface area (Å²) < 4.78 is 18.0. The fourth-order valence-corrected chi connectivity index (χ4v) is 9.00. The van der Waals surface area contributed by atoms with Gasteiger partial charge in [0.05, 0.1) is 12.2 Å². The first kappa shape index (κ1) is 28.2. The van der Waals surface area contributed by atoms with Gasteiger partial charge in [0, 0.05) is 29.6 Å². The first-order valence-corrected chi connectivity index (χ1v) is 14.6. The van der Waals surface area contributed by atoms with Crippen LogP contribution in [0.1, 0.15) is 72.1 Å². The molecular formula is C30H37NO10. The van der Waals surface area contributed by atoms with Crippen LogP contribution in [-0.2, 0) is 38.2 Å². The highest BCUT2D eigenvalue weighted by atomic mass is 16.8. The van der Waals surface area contributed by atoms with Gasteiger partial charge in [0.25, 0.3) is 11.8 Å². The number of rotatable bonds is 6. The SMILES string of the molecule is CCCC1O[C@@H]2C[C@H]3[C@@H]4CCC5=CC(=O)C=C[C@]5(C)[C@H]4[C@@H](O)C[C@]3(C)[C@]2(C(=O)COC(=O)ON2C(=O)CCC2=O)O1. The van der Waals surface area contributed by atoms with Gasteiger partial charge in [0.2, 0.25) is 5.78 Å². The summed E-state index contributed by atoms with van der Waals surface area (Å²) in [5, 5.41) is 12.1. The van der Waals surface area contributed by atoms with Gasteiger partial charge in [-0.05, 0) is 56.1 Å². The van der Waals surface area contributed by atoms with E-state index in [4.69, 9.17) is 19.0 Å². The molecule has 6 rings (SSSR count). The minimum Gasteiger partial charge on any atom is -0.425 e. The lowest BCUT2D eigenvalue weighted by Gasteiger charge is -2.59. The molecule has 4 aliphatic carbocycles. The van der Waals surface area contributed by atoms with Crippen LogP contribution in [0.5, 0.6) is 0 Å². The Morgan fingerprint density at radius 2 is 1.88 bits per heavy atom. The summed E-state index contributed by atoms with van der Waals surface area (Å²) in [7, 11) is 0. The van der Waals surface area contributed by atoms with Gasteiger partial charge in [-0.3, -0.25) is 24.0 Å².